The molecule has 1 N–H and O–H groups in total. The van der Waals surface area contributed by atoms with E-state index < -0.39 is 6.10 Å². The Balaban J connectivity index is 2.27. The van der Waals surface area contributed by atoms with Crippen LogP contribution in [0.3, 0.4) is 0 Å². The number of anilines is 1. The van der Waals surface area contributed by atoms with Crippen molar-refractivity contribution in [1.82, 2.24) is 0 Å². The molecule has 1 fully saturated rings. The molecule has 0 bridgehead atoms. The van der Waals surface area contributed by atoms with Crippen LogP contribution in [-0.2, 0) is 4.74 Å². The van der Waals surface area contributed by atoms with Crippen molar-refractivity contribution < 1.29 is 9.84 Å². The van der Waals surface area contributed by atoms with Gasteiger partial charge < -0.3 is 14.7 Å². The van der Waals surface area contributed by atoms with Gasteiger partial charge in [0, 0.05) is 24.3 Å². The van der Waals surface area contributed by atoms with Crippen molar-refractivity contribution >= 4 is 5.69 Å². The quantitative estimate of drug-likeness (QED) is 0.854. The SMILES string of the molecule is C[C@@H]1CN(c2ccccc2[C@@H](C)O)C[C@H](C)O1. The van der Waals surface area contributed by atoms with Crippen LogP contribution < -0.4 is 4.90 Å². The summed E-state index contributed by atoms with van der Waals surface area (Å²) in [4.78, 5) is 2.31. The van der Waals surface area contributed by atoms with E-state index in [0.717, 1.165) is 24.3 Å². The van der Waals surface area contributed by atoms with Crippen LogP contribution >= 0.6 is 0 Å². The fourth-order valence-electron chi connectivity index (χ4n) is 2.50. The molecule has 0 saturated carbocycles. The highest BCUT2D eigenvalue weighted by atomic mass is 16.5. The monoisotopic (exact) mass is 235 g/mol. The third kappa shape index (κ3) is 2.79. The molecule has 1 aromatic carbocycles. The Bertz CT molecular complexity index is 368. The second-order valence-corrected chi connectivity index (χ2v) is 4.90. The van der Waals surface area contributed by atoms with Gasteiger partial charge in [-0.1, -0.05) is 18.2 Å². The third-order valence-corrected chi connectivity index (χ3v) is 3.15. The Morgan fingerprint density at radius 1 is 1.24 bits per heavy atom. The van der Waals surface area contributed by atoms with Crippen LogP contribution in [0.1, 0.15) is 32.4 Å². The van der Waals surface area contributed by atoms with Crippen molar-refractivity contribution in [3.63, 3.8) is 0 Å². The first kappa shape index (κ1) is 12.4. The Morgan fingerprint density at radius 3 is 2.41 bits per heavy atom. The van der Waals surface area contributed by atoms with Crippen molar-refractivity contribution in [3.05, 3.63) is 29.8 Å². The van der Waals surface area contributed by atoms with Crippen molar-refractivity contribution in [1.29, 1.82) is 0 Å². The predicted octanol–water partition coefficient (Wildman–Crippen LogP) is 2.35. The normalized spacial score (nSPS) is 26.9. The molecule has 1 aliphatic heterocycles. The van der Waals surface area contributed by atoms with Gasteiger partial charge in [-0.05, 0) is 26.8 Å². The van der Waals surface area contributed by atoms with E-state index in [1.807, 2.05) is 25.1 Å². The maximum absolute atomic E-state index is 9.81. The summed E-state index contributed by atoms with van der Waals surface area (Å²) in [6.45, 7) is 7.76. The highest BCUT2D eigenvalue weighted by Gasteiger charge is 2.24. The van der Waals surface area contributed by atoms with Gasteiger partial charge >= 0.3 is 0 Å². The molecule has 0 amide bonds. The number of aliphatic hydroxyl groups is 1. The first-order valence-corrected chi connectivity index (χ1v) is 6.25. The first-order chi connectivity index (χ1) is 8.08. The van der Waals surface area contributed by atoms with E-state index in [1.165, 1.54) is 0 Å². The minimum absolute atomic E-state index is 0.237. The van der Waals surface area contributed by atoms with Gasteiger partial charge in [-0.15, -0.1) is 0 Å². The number of morpholine rings is 1. The fraction of sp³-hybridized carbons (Fsp3) is 0.571. The van der Waals surface area contributed by atoms with Crippen molar-refractivity contribution in [2.45, 2.75) is 39.1 Å². The van der Waals surface area contributed by atoms with E-state index in [-0.39, 0.29) is 12.2 Å². The van der Waals surface area contributed by atoms with Crippen LogP contribution in [0.25, 0.3) is 0 Å². The van der Waals surface area contributed by atoms with Crippen LogP contribution in [0.4, 0.5) is 5.69 Å². The standard InChI is InChI=1S/C14H21NO2/c1-10-8-15(9-11(2)17-10)14-7-5-4-6-13(14)12(3)16/h4-7,10-12,16H,8-9H2,1-3H3/t10-,11+,12-/m1/s1. The molecular weight excluding hydrogens is 214 g/mol. The molecule has 0 radical (unpaired) electrons. The molecule has 2 rings (SSSR count). The molecule has 1 aromatic rings. The minimum Gasteiger partial charge on any atom is -0.389 e. The summed E-state index contributed by atoms with van der Waals surface area (Å²) in [5.74, 6) is 0. The van der Waals surface area contributed by atoms with Gasteiger partial charge in [0.25, 0.3) is 0 Å². The van der Waals surface area contributed by atoms with Gasteiger partial charge in [-0.25, -0.2) is 0 Å². The maximum atomic E-state index is 9.81. The molecule has 94 valence electrons. The number of hydrogen-bond donors (Lipinski definition) is 1. The molecule has 1 aliphatic rings. The smallest absolute Gasteiger partial charge is 0.0781 e. The van der Waals surface area contributed by atoms with Crippen LogP contribution in [0.5, 0.6) is 0 Å². The zero-order valence-corrected chi connectivity index (χ0v) is 10.8. The molecule has 17 heavy (non-hydrogen) atoms. The summed E-state index contributed by atoms with van der Waals surface area (Å²) in [5, 5.41) is 9.81. The number of rotatable bonds is 2. The number of nitrogens with zero attached hydrogens (tertiary/aromatic N) is 1. The topological polar surface area (TPSA) is 32.7 Å². The summed E-state index contributed by atoms with van der Waals surface area (Å²) in [6.07, 6.45) is 0.0428. The second-order valence-electron chi connectivity index (χ2n) is 4.90. The lowest BCUT2D eigenvalue weighted by Gasteiger charge is -2.38. The molecule has 1 heterocycles. The lowest BCUT2D eigenvalue weighted by atomic mass is 10.1. The Morgan fingerprint density at radius 2 is 1.82 bits per heavy atom. The molecule has 0 spiro atoms. The van der Waals surface area contributed by atoms with Crippen LogP contribution in [0.15, 0.2) is 24.3 Å². The largest absolute Gasteiger partial charge is 0.389 e. The molecule has 3 nitrogen and oxygen atoms in total. The van der Waals surface area contributed by atoms with Crippen LogP contribution in [0.2, 0.25) is 0 Å². The van der Waals surface area contributed by atoms with Gasteiger partial charge in [0.1, 0.15) is 0 Å². The fourth-order valence-corrected chi connectivity index (χ4v) is 2.50. The Kier molecular flexibility index (Phi) is 3.69. The molecule has 1 saturated heterocycles. The zero-order chi connectivity index (χ0) is 12.4. The lowest BCUT2D eigenvalue weighted by Crippen LogP contribution is -2.45. The van der Waals surface area contributed by atoms with Crippen molar-refractivity contribution in [3.8, 4) is 0 Å². The van der Waals surface area contributed by atoms with Gasteiger partial charge in [0.05, 0.1) is 18.3 Å². The minimum atomic E-state index is -0.431. The molecule has 0 aromatic heterocycles. The molecular formula is C14H21NO2. The van der Waals surface area contributed by atoms with Crippen molar-refractivity contribution in [2.75, 3.05) is 18.0 Å². The Labute approximate surface area is 103 Å². The second kappa shape index (κ2) is 5.07. The highest BCUT2D eigenvalue weighted by molar-refractivity contribution is 5.55. The third-order valence-electron chi connectivity index (χ3n) is 3.15. The highest BCUT2D eigenvalue weighted by Crippen LogP contribution is 2.28. The number of ether oxygens (including phenoxy) is 1. The average Bonchev–Trinajstić information content (AvgIpc) is 2.27. The summed E-state index contributed by atoms with van der Waals surface area (Å²) >= 11 is 0. The van der Waals surface area contributed by atoms with E-state index in [0.29, 0.717) is 0 Å². The molecule has 3 atom stereocenters. The van der Waals surface area contributed by atoms with E-state index in [9.17, 15) is 5.11 Å². The van der Waals surface area contributed by atoms with E-state index in [2.05, 4.69) is 24.8 Å². The maximum Gasteiger partial charge on any atom is 0.0781 e. The first-order valence-electron chi connectivity index (χ1n) is 6.25. The number of hydrogen-bond acceptors (Lipinski definition) is 3. The molecule has 3 heteroatoms. The van der Waals surface area contributed by atoms with E-state index in [4.69, 9.17) is 4.74 Å². The zero-order valence-electron chi connectivity index (χ0n) is 10.8. The molecule has 0 aliphatic carbocycles. The van der Waals surface area contributed by atoms with E-state index >= 15 is 0 Å². The van der Waals surface area contributed by atoms with Gasteiger partial charge in [0.15, 0.2) is 0 Å². The van der Waals surface area contributed by atoms with Gasteiger partial charge in [0.2, 0.25) is 0 Å². The number of para-hydroxylation sites is 1. The average molecular weight is 235 g/mol. The molecule has 0 unspecified atom stereocenters. The van der Waals surface area contributed by atoms with Crippen LogP contribution in [-0.4, -0.2) is 30.4 Å². The number of benzene rings is 1. The summed E-state index contributed by atoms with van der Waals surface area (Å²) < 4.78 is 5.73. The summed E-state index contributed by atoms with van der Waals surface area (Å²) in [6, 6.07) is 8.06. The summed E-state index contributed by atoms with van der Waals surface area (Å²) in [7, 11) is 0. The lowest BCUT2D eigenvalue weighted by molar-refractivity contribution is -0.00538. The Hall–Kier alpha value is -1.06. The van der Waals surface area contributed by atoms with E-state index in [1.54, 1.807) is 0 Å². The van der Waals surface area contributed by atoms with Gasteiger partial charge in [-0.3, -0.25) is 0 Å². The predicted molar refractivity (Wildman–Crippen MR) is 69.3 cm³/mol. The summed E-state index contributed by atoms with van der Waals surface area (Å²) in [5.41, 5.74) is 2.12. The van der Waals surface area contributed by atoms with Crippen LogP contribution in [0, 0.1) is 0 Å². The van der Waals surface area contributed by atoms with Gasteiger partial charge in [-0.2, -0.15) is 0 Å². The number of aliphatic hydroxyl groups excluding tert-OH is 1. The van der Waals surface area contributed by atoms with Crippen molar-refractivity contribution in [2.24, 2.45) is 0 Å².